The Hall–Kier alpha value is -2.30. The average Bonchev–Trinajstić information content (AvgIpc) is 2.79. The molecule has 1 aromatic heterocycles. The molecule has 1 aliphatic rings. The van der Waals surface area contributed by atoms with Crippen molar-refractivity contribution in [1.82, 2.24) is 14.8 Å². The molecule has 1 atom stereocenters. The van der Waals surface area contributed by atoms with Crippen molar-refractivity contribution in [2.24, 2.45) is 7.05 Å². The molecule has 2 heterocycles. The predicted molar refractivity (Wildman–Crippen MR) is 76.4 cm³/mol. The molecule has 1 N–H and O–H groups in total. The number of amides is 2. The fourth-order valence-electron chi connectivity index (χ4n) is 2.73. The van der Waals surface area contributed by atoms with Gasteiger partial charge in [-0.1, -0.05) is 18.2 Å². The number of aryl methyl sites for hydroxylation is 1. The third-order valence-corrected chi connectivity index (χ3v) is 3.89. The molecule has 2 aromatic rings. The molecule has 104 valence electrons. The number of nitrogens with one attached hydrogen (secondary N) is 1. The highest BCUT2D eigenvalue weighted by Crippen LogP contribution is 2.22. The highest BCUT2D eigenvalue weighted by molar-refractivity contribution is 6.08. The Morgan fingerprint density at radius 2 is 2.10 bits per heavy atom. The molecule has 2 amide bonds. The van der Waals surface area contributed by atoms with E-state index < -0.39 is 6.04 Å². The molecule has 0 aliphatic carbocycles. The third kappa shape index (κ3) is 1.86. The fourth-order valence-corrected chi connectivity index (χ4v) is 2.73. The van der Waals surface area contributed by atoms with E-state index in [0.29, 0.717) is 18.7 Å². The summed E-state index contributed by atoms with van der Waals surface area (Å²) in [5.74, 6) is -0.172. The van der Waals surface area contributed by atoms with Crippen LogP contribution in [0.3, 0.4) is 0 Å². The Balaban J connectivity index is 2.02. The van der Waals surface area contributed by atoms with Crippen LogP contribution in [0.5, 0.6) is 0 Å². The molecular weight excluding hydrogens is 254 g/mol. The van der Waals surface area contributed by atoms with Crippen LogP contribution >= 0.6 is 0 Å². The lowest BCUT2D eigenvalue weighted by molar-refractivity contribution is -0.127. The highest BCUT2D eigenvalue weighted by atomic mass is 16.2. The van der Waals surface area contributed by atoms with Crippen LogP contribution in [0.2, 0.25) is 0 Å². The summed E-state index contributed by atoms with van der Waals surface area (Å²) in [4.78, 5) is 26.1. The summed E-state index contributed by atoms with van der Waals surface area (Å²) in [6.45, 7) is 2.83. The van der Waals surface area contributed by atoms with Crippen molar-refractivity contribution in [3.8, 4) is 0 Å². The minimum absolute atomic E-state index is 0.0795. The van der Waals surface area contributed by atoms with Crippen LogP contribution in [-0.4, -0.2) is 40.4 Å². The Bertz CT molecular complexity index is 689. The van der Waals surface area contributed by atoms with Crippen molar-refractivity contribution >= 4 is 22.7 Å². The van der Waals surface area contributed by atoms with Crippen molar-refractivity contribution < 1.29 is 9.59 Å². The summed E-state index contributed by atoms with van der Waals surface area (Å²) in [5, 5.41) is 3.70. The van der Waals surface area contributed by atoms with Gasteiger partial charge < -0.3 is 14.8 Å². The van der Waals surface area contributed by atoms with Crippen LogP contribution < -0.4 is 5.32 Å². The largest absolute Gasteiger partial charge is 0.353 e. The average molecular weight is 271 g/mol. The SMILES string of the molecule is CC1C(=O)NCCN1C(=O)c1cn(C)c2ccccc12. The van der Waals surface area contributed by atoms with Gasteiger partial charge in [-0.25, -0.2) is 0 Å². The molecule has 1 unspecified atom stereocenters. The maximum Gasteiger partial charge on any atom is 0.256 e. The first-order valence-electron chi connectivity index (χ1n) is 6.72. The minimum atomic E-state index is -0.421. The molecule has 0 saturated carbocycles. The zero-order valence-corrected chi connectivity index (χ0v) is 11.6. The number of benzene rings is 1. The van der Waals surface area contributed by atoms with Crippen LogP contribution in [-0.2, 0) is 11.8 Å². The number of para-hydroxylation sites is 1. The smallest absolute Gasteiger partial charge is 0.256 e. The second-order valence-electron chi connectivity index (χ2n) is 5.14. The quantitative estimate of drug-likeness (QED) is 0.845. The van der Waals surface area contributed by atoms with E-state index in [1.54, 1.807) is 11.8 Å². The van der Waals surface area contributed by atoms with Crippen LogP contribution in [0.1, 0.15) is 17.3 Å². The number of carbonyl (C=O) groups excluding carboxylic acids is 2. The van der Waals surface area contributed by atoms with Crippen molar-refractivity contribution in [2.45, 2.75) is 13.0 Å². The van der Waals surface area contributed by atoms with E-state index in [1.807, 2.05) is 42.1 Å². The van der Waals surface area contributed by atoms with E-state index in [9.17, 15) is 9.59 Å². The Kier molecular flexibility index (Phi) is 2.97. The molecule has 0 radical (unpaired) electrons. The van der Waals surface area contributed by atoms with Gasteiger partial charge in [0.1, 0.15) is 6.04 Å². The summed E-state index contributed by atoms with van der Waals surface area (Å²) in [6.07, 6.45) is 1.84. The number of piperazine rings is 1. The normalized spacial score (nSPS) is 19.2. The van der Waals surface area contributed by atoms with Gasteiger partial charge in [0.05, 0.1) is 5.56 Å². The van der Waals surface area contributed by atoms with Crippen LogP contribution in [0.15, 0.2) is 30.5 Å². The molecule has 0 spiro atoms. The van der Waals surface area contributed by atoms with E-state index in [2.05, 4.69) is 5.32 Å². The number of nitrogens with zero attached hydrogens (tertiary/aromatic N) is 2. The number of aromatic nitrogens is 1. The number of hydrogen-bond donors (Lipinski definition) is 1. The van der Waals surface area contributed by atoms with Crippen LogP contribution in [0.25, 0.3) is 10.9 Å². The number of rotatable bonds is 1. The summed E-state index contributed by atoms with van der Waals surface area (Å²) < 4.78 is 1.94. The third-order valence-electron chi connectivity index (χ3n) is 3.89. The lowest BCUT2D eigenvalue weighted by Gasteiger charge is -2.32. The lowest BCUT2D eigenvalue weighted by atomic mass is 10.1. The number of fused-ring (bicyclic) bond motifs is 1. The molecule has 20 heavy (non-hydrogen) atoms. The van der Waals surface area contributed by atoms with Gasteiger partial charge in [-0.15, -0.1) is 0 Å². The molecule has 1 aromatic carbocycles. The van der Waals surface area contributed by atoms with Crippen LogP contribution in [0.4, 0.5) is 0 Å². The maximum atomic E-state index is 12.7. The highest BCUT2D eigenvalue weighted by Gasteiger charge is 2.31. The molecule has 5 heteroatoms. The zero-order chi connectivity index (χ0) is 14.3. The number of carbonyl (C=O) groups is 2. The number of hydrogen-bond acceptors (Lipinski definition) is 2. The Labute approximate surface area is 117 Å². The van der Waals surface area contributed by atoms with E-state index >= 15 is 0 Å². The van der Waals surface area contributed by atoms with Gasteiger partial charge >= 0.3 is 0 Å². The van der Waals surface area contributed by atoms with Crippen LogP contribution in [0, 0.1) is 0 Å². The monoisotopic (exact) mass is 271 g/mol. The molecule has 0 bridgehead atoms. The van der Waals surface area contributed by atoms with Gasteiger partial charge in [0.2, 0.25) is 5.91 Å². The molecule has 1 saturated heterocycles. The van der Waals surface area contributed by atoms with E-state index in [-0.39, 0.29) is 11.8 Å². The summed E-state index contributed by atoms with van der Waals surface area (Å²) in [6, 6.07) is 7.38. The van der Waals surface area contributed by atoms with Gasteiger partial charge in [-0.3, -0.25) is 9.59 Å². The lowest BCUT2D eigenvalue weighted by Crippen LogP contribution is -2.55. The molecule has 5 nitrogen and oxygen atoms in total. The topological polar surface area (TPSA) is 54.3 Å². The summed E-state index contributed by atoms with van der Waals surface area (Å²) in [5.41, 5.74) is 1.68. The molecule has 1 fully saturated rings. The minimum Gasteiger partial charge on any atom is -0.353 e. The van der Waals surface area contributed by atoms with Crippen molar-refractivity contribution in [2.75, 3.05) is 13.1 Å². The first kappa shape index (κ1) is 12.7. The second kappa shape index (κ2) is 4.67. The first-order chi connectivity index (χ1) is 9.59. The standard InChI is InChI=1S/C15H17N3O2/c1-10-14(19)16-7-8-18(10)15(20)12-9-17(2)13-6-4-3-5-11(12)13/h3-6,9-10H,7-8H2,1-2H3,(H,16,19). The van der Waals surface area contributed by atoms with E-state index in [4.69, 9.17) is 0 Å². The maximum absolute atomic E-state index is 12.7. The van der Waals surface area contributed by atoms with Gasteiger partial charge in [0, 0.05) is 37.2 Å². The summed E-state index contributed by atoms with van der Waals surface area (Å²) in [7, 11) is 1.92. The van der Waals surface area contributed by atoms with Gasteiger partial charge in [-0.2, -0.15) is 0 Å². The van der Waals surface area contributed by atoms with Crippen molar-refractivity contribution in [1.29, 1.82) is 0 Å². The molecule has 1 aliphatic heterocycles. The predicted octanol–water partition coefficient (Wildman–Crippen LogP) is 1.14. The summed E-state index contributed by atoms with van der Waals surface area (Å²) >= 11 is 0. The van der Waals surface area contributed by atoms with Gasteiger partial charge in [0.25, 0.3) is 5.91 Å². The zero-order valence-electron chi connectivity index (χ0n) is 11.6. The first-order valence-corrected chi connectivity index (χ1v) is 6.72. The second-order valence-corrected chi connectivity index (χ2v) is 5.14. The Morgan fingerprint density at radius 3 is 2.90 bits per heavy atom. The fraction of sp³-hybridized carbons (Fsp3) is 0.333. The van der Waals surface area contributed by atoms with Gasteiger partial charge in [0.15, 0.2) is 0 Å². The van der Waals surface area contributed by atoms with E-state index in [0.717, 1.165) is 10.9 Å². The van der Waals surface area contributed by atoms with E-state index in [1.165, 1.54) is 0 Å². The van der Waals surface area contributed by atoms with Crippen molar-refractivity contribution in [3.63, 3.8) is 0 Å². The van der Waals surface area contributed by atoms with Crippen molar-refractivity contribution in [3.05, 3.63) is 36.0 Å². The molecule has 3 rings (SSSR count). The molecular formula is C15H17N3O2. The Morgan fingerprint density at radius 1 is 1.35 bits per heavy atom. The van der Waals surface area contributed by atoms with Gasteiger partial charge in [-0.05, 0) is 13.0 Å².